The molecule has 7 nitrogen and oxygen atoms in total. The van der Waals surface area contributed by atoms with Gasteiger partial charge in [0.25, 0.3) is 5.91 Å². The Morgan fingerprint density at radius 3 is 2.96 bits per heavy atom. The Balaban J connectivity index is 1.34. The standard InChI is InChI=1S/C20H28N4O3/c1-22-6-8-23(9-7-22)19(26)14-3-5-21-18(10-14)24-11-16-15(12-25)17-2-4-20(16,13-24)27-17/h3,5,10,15-17,25H,2,4,6-9,11-13H2,1H3/t15-,16+,17+,20+/m1/s1. The van der Waals surface area contributed by atoms with Gasteiger partial charge in [-0.25, -0.2) is 4.98 Å². The van der Waals surface area contributed by atoms with Crippen molar-refractivity contribution in [2.24, 2.45) is 11.8 Å². The van der Waals surface area contributed by atoms with Crippen molar-refractivity contribution < 1.29 is 14.6 Å². The molecule has 5 heterocycles. The fourth-order valence-electron chi connectivity index (χ4n) is 5.53. The largest absolute Gasteiger partial charge is 0.396 e. The van der Waals surface area contributed by atoms with E-state index in [0.29, 0.717) is 11.5 Å². The van der Waals surface area contributed by atoms with Gasteiger partial charge in [0.15, 0.2) is 0 Å². The Hall–Kier alpha value is -1.70. The molecular weight excluding hydrogens is 344 g/mol. The average molecular weight is 372 g/mol. The molecule has 0 aromatic carbocycles. The van der Waals surface area contributed by atoms with E-state index in [4.69, 9.17) is 4.74 Å². The van der Waals surface area contributed by atoms with Gasteiger partial charge in [-0.05, 0) is 32.0 Å². The van der Waals surface area contributed by atoms with Crippen LogP contribution in [0.5, 0.6) is 0 Å². The zero-order valence-electron chi connectivity index (χ0n) is 15.9. The zero-order chi connectivity index (χ0) is 18.6. The number of ether oxygens (including phenoxy) is 1. The van der Waals surface area contributed by atoms with E-state index in [1.807, 2.05) is 17.0 Å². The van der Waals surface area contributed by atoms with Crippen molar-refractivity contribution in [1.29, 1.82) is 0 Å². The number of rotatable bonds is 3. The number of hydrogen-bond donors (Lipinski definition) is 1. The molecule has 4 atom stereocenters. The highest BCUT2D eigenvalue weighted by atomic mass is 16.5. The number of carbonyl (C=O) groups is 1. The summed E-state index contributed by atoms with van der Waals surface area (Å²) in [4.78, 5) is 23.9. The molecule has 4 aliphatic heterocycles. The van der Waals surface area contributed by atoms with Gasteiger partial charge < -0.3 is 24.5 Å². The maximum Gasteiger partial charge on any atom is 0.254 e. The van der Waals surface area contributed by atoms with Crippen LogP contribution in [0.4, 0.5) is 5.82 Å². The van der Waals surface area contributed by atoms with Crippen molar-refractivity contribution >= 4 is 11.7 Å². The number of fused-ring (bicyclic) bond motifs is 1. The van der Waals surface area contributed by atoms with E-state index >= 15 is 0 Å². The third-order valence-electron chi connectivity index (χ3n) is 7.10. The number of carbonyl (C=O) groups excluding carboxylic acids is 1. The molecule has 0 radical (unpaired) electrons. The normalized spacial score (nSPS) is 35.7. The van der Waals surface area contributed by atoms with Crippen molar-refractivity contribution in [2.75, 3.05) is 57.8 Å². The highest BCUT2D eigenvalue weighted by Gasteiger charge is 2.62. The van der Waals surface area contributed by atoms with E-state index in [9.17, 15) is 9.90 Å². The average Bonchev–Trinajstić information content (AvgIpc) is 3.36. The molecule has 1 amide bonds. The van der Waals surface area contributed by atoms with Crippen LogP contribution in [-0.4, -0.2) is 90.4 Å². The Kier molecular flexibility index (Phi) is 4.14. The van der Waals surface area contributed by atoms with Gasteiger partial charge in [0.05, 0.1) is 11.7 Å². The predicted octanol–water partition coefficient (Wildman–Crippen LogP) is 0.445. The molecule has 1 spiro atoms. The summed E-state index contributed by atoms with van der Waals surface area (Å²) < 4.78 is 6.31. The number of aliphatic hydroxyl groups excluding tert-OH is 1. The summed E-state index contributed by atoms with van der Waals surface area (Å²) in [5.74, 6) is 1.54. The second-order valence-corrected chi connectivity index (χ2v) is 8.59. The molecule has 0 unspecified atom stereocenters. The van der Waals surface area contributed by atoms with Crippen LogP contribution in [0, 0.1) is 11.8 Å². The summed E-state index contributed by atoms with van der Waals surface area (Å²) >= 11 is 0. The fourth-order valence-corrected chi connectivity index (χ4v) is 5.53. The predicted molar refractivity (Wildman–Crippen MR) is 101 cm³/mol. The summed E-state index contributed by atoms with van der Waals surface area (Å²) in [5.41, 5.74) is 0.583. The highest BCUT2D eigenvalue weighted by molar-refractivity contribution is 5.95. The molecule has 0 saturated carbocycles. The first-order valence-electron chi connectivity index (χ1n) is 10.1. The van der Waals surface area contributed by atoms with Crippen LogP contribution >= 0.6 is 0 Å². The topological polar surface area (TPSA) is 69.1 Å². The van der Waals surface area contributed by atoms with E-state index in [-0.39, 0.29) is 30.1 Å². The van der Waals surface area contributed by atoms with Gasteiger partial charge in [-0.15, -0.1) is 0 Å². The van der Waals surface area contributed by atoms with E-state index < -0.39 is 0 Å². The van der Waals surface area contributed by atoms with Gasteiger partial charge in [-0.2, -0.15) is 0 Å². The monoisotopic (exact) mass is 372 g/mol. The van der Waals surface area contributed by atoms with Crippen LogP contribution in [0.15, 0.2) is 18.3 Å². The van der Waals surface area contributed by atoms with Gasteiger partial charge in [0.2, 0.25) is 0 Å². The molecule has 2 bridgehead atoms. The molecule has 4 aliphatic rings. The number of aliphatic hydroxyl groups is 1. The third-order valence-corrected chi connectivity index (χ3v) is 7.10. The van der Waals surface area contributed by atoms with Gasteiger partial charge in [0, 0.05) is 69.5 Å². The Morgan fingerprint density at radius 2 is 2.19 bits per heavy atom. The summed E-state index contributed by atoms with van der Waals surface area (Å²) in [6, 6.07) is 3.75. The molecule has 27 heavy (non-hydrogen) atoms. The molecule has 146 valence electrons. The minimum Gasteiger partial charge on any atom is -0.396 e. The SMILES string of the molecule is CN1CCN(C(=O)c2ccnc(N3C[C@H]4[C@@H](CO)[C@@H]5CC[C@@]4(C3)O5)c2)CC1. The molecule has 4 saturated heterocycles. The Bertz CT molecular complexity index is 736. The number of pyridine rings is 1. The molecule has 1 aromatic heterocycles. The van der Waals surface area contributed by atoms with Gasteiger partial charge >= 0.3 is 0 Å². The first kappa shape index (κ1) is 17.4. The van der Waals surface area contributed by atoms with Crippen LogP contribution in [-0.2, 0) is 4.74 Å². The maximum atomic E-state index is 12.9. The molecule has 7 heteroatoms. The lowest BCUT2D eigenvalue weighted by molar-refractivity contribution is 0.0128. The minimum atomic E-state index is -0.128. The number of likely N-dealkylation sites (N-methyl/N-ethyl adjacent to an activating group) is 1. The summed E-state index contributed by atoms with van der Waals surface area (Å²) in [7, 11) is 2.09. The fraction of sp³-hybridized carbons (Fsp3) is 0.700. The molecule has 1 aromatic rings. The van der Waals surface area contributed by atoms with Gasteiger partial charge in [0.1, 0.15) is 5.82 Å². The van der Waals surface area contributed by atoms with Crippen molar-refractivity contribution in [2.45, 2.75) is 24.5 Å². The van der Waals surface area contributed by atoms with Gasteiger partial charge in [-0.3, -0.25) is 4.79 Å². The van der Waals surface area contributed by atoms with Crippen molar-refractivity contribution in [3.8, 4) is 0 Å². The van der Waals surface area contributed by atoms with E-state index in [1.165, 1.54) is 0 Å². The Labute approximate surface area is 159 Å². The molecular formula is C20H28N4O3. The highest BCUT2D eigenvalue weighted by Crippen LogP contribution is 2.55. The number of nitrogens with zero attached hydrogens (tertiary/aromatic N) is 4. The van der Waals surface area contributed by atoms with Crippen LogP contribution in [0.3, 0.4) is 0 Å². The summed E-state index contributed by atoms with van der Waals surface area (Å²) in [6.07, 6.45) is 4.08. The summed E-state index contributed by atoms with van der Waals surface area (Å²) in [5, 5.41) is 9.80. The van der Waals surface area contributed by atoms with E-state index in [1.54, 1.807) is 6.20 Å². The molecule has 1 N–H and O–H groups in total. The van der Waals surface area contributed by atoms with Crippen LogP contribution < -0.4 is 4.90 Å². The number of amides is 1. The quantitative estimate of drug-likeness (QED) is 0.831. The summed E-state index contributed by atoms with van der Waals surface area (Å²) in [6.45, 7) is 5.23. The zero-order valence-corrected chi connectivity index (χ0v) is 15.9. The second-order valence-electron chi connectivity index (χ2n) is 8.59. The van der Waals surface area contributed by atoms with Crippen LogP contribution in [0.2, 0.25) is 0 Å². The Morgan fingerprint density at radius 1 is 1.37 bits per heavy atom. The van der Waals surface area contributed by atoms with Crippen LogP contribution in [0.25, 0.3) is 0 Å². The maximum absolute atomic E-state index is 12.9. The van der Waals surface area contributed by atoms with Crippen LogP contribution in [0.1, 0.15) is 23.2 Å². The smallest absolute Gasteiger partial charge is 0.254 e. The van der Waals surface area contributed by atoms with E-state index in [2.05, 4.69) is 21.8 Å². The first-order chi connectivity index (χ1) is 13.1. The molecule has 4 fully saturated rings. The second kappa shape index (κ2) is 6.43. The molecule has 5 rings (SSSR count). The minimum absolute atomic E-state index is 0.0923. The van der Waals surface area contributed by atoms with E-state index in [0.717, 1.165) is 57.9 Å². The number of hydrogen-bond acceptors (Lipinski definition) is 6. The van der Waals surface area contributed by atoms with Crippen molar-refractivity contribution in [3.63, 3.8) is 0 Å². The number of aromatic nitrogens is 1. The lowest BCUT2D eigenvalue weighted by atomic mass is 9.74. The number of anilines is 1. The lowest BCUT2D eigenvalue weighted by Gasteiger charge is -2.32. The number of piperazine rings is 1. The lowest BCUT2D eigenvalue weighted by Crippen LogP contribution is -2.47. The van der Waals surface area contributed by atoms with Crippen molar-refractivity contribution in [3.05, 3.63) is 23.9 Å². The first-order valence-corrected chi connectivity index (χ1v) is 10.1. The van der Waals surface area contributed by atoms with Gasteiger partial charge in [-0.1, -0.05) is 0 Å². The molecule has 0 aliphatic carbocycles. The van der Waals surface area contributed by atoms with Crippen molar-refractivity contribution in [1.82, 2.24) is 14.8 Å². The third kappa shape index (κ3) is 2.75.